The zero-order chi connectivity index (χ0) is 38.9. The normalized spacial score (nSPS) is 17.4. The molecule has 2 heterocycles. The molecule has 54 heavy (non-hydrogen) atoms. The van der Waals surface area contributed by atoms with Crippen molar-refractivity contribution in [3.8, 4) is 6.07 Å². The summed E-state index contributed by atoms with van der Waals surface area (Å²) in [5.41, 5.74) is -1.30. The zero-order valence-electron chi connectivity index (χ0n) is 29.4. The number of hydrogen-bond acceptors (Lipinski definition) is 12. The highest BCUT2D eigenvalue weighted by Crippen LogP contribution is 2.42. The van der Waals surface area contributed by atoms with Gasteiger partial charge < -0.3 is 23.7 Å². The monoisotopic (exact) mass is 768 g/mol. The summed E-state index contributed by atoms with van der Waals surface area (Å²) in [7, 11) is 0. The van der Waals surface area contributed by atoms with E-state index in [1.165, 1.54) is 53.4 Å². The molecule has 2 atom stereocenters. The molecule has 12 nitrogen and oxygen atoms in total. The minimum Gasteiger partial charge on any atom is -0.466 e. The Balaban J connectivity index is 1.41. The number of rotatable bonds is 19. The maximum atomic E-state index is 15.6. The molecule has 1 aromatic heterocycles. The van der Waals surface area contributed by atoms with Gasteiger partial charge >= 0.3 is 17.9 Å². The SMILES string of the molecule is C=CCOC(=O)CCC(=O)OCCCC(=O)O[C@@](Cn1cncn1)(c1ccc(F)cc1F)[C@@H](C)SC1COC(/C=C/C=C/c2ccc(C#N)cc2F)OC1. The van der Waals surface area contributed by atoms with E-state index in [1.807, 2.05) is 6.07 Å². The third kappa shape index (κ3) is 12.4. The van der Waals surface area contributed by atoms with Crippen LogP contribution in [0.15, 0.2) is 79.9 Å². The molecule has 0 spiro atoms. The average Bonchev–Trinajstić information content (AvgIpc) is 3.67. The molecule has 1 aliphatic rings. The molecule has 1 fully saturated rings. The number of thioether (sulfide) groups is 1. The number of benzene rings is 2. The summed E-state index contributed by atoms with van der Waals surface area (Å²) >= 11 is 1.31. The Labute approximate surface area is 314 Å². The van der Waals surface area contributed by atoms with Crippen LogP contribution in [0.5, 0.6) is 0 Å². The second-order valence-corrected chi connectivity index (χ2v) is 13.5. The molecule has 0 radical (unpaired) electrons. The van der Waals surface area contributed by atoms with Crippen molar-refractivity contribution in [1.82, 2.24) is 14.8 Å². The third-order valence-electron chi connectivity index (χ3n) is 7.96. The van der Waals surface area contributed by atoms with E-state index >= 15 is 4.39 Å². The number of halogens is 3. The molecule has 16 heteroatoms. The quantitative estimate of drug-likeness (QED) is 0.0465. The van der Waals surface area contributed by atoms with Gasteiger partial charge in [0.25, 0.3) is 0 Å². The van der Waals surface area contributed by atoms with E-state index in [-0.39, 0.29) is 75.0 Å². The van der Waals surface area contributed by atoms with E-state index < -0.39 is 52.5 Å². The standard InChI is InChI=1S/C38H39F3N4O8S/c1-3-16-49-34(46)14-15-35(47)50-17-6-8-36(48)53-38(23-45-25-43-24-44-45,31-13-12-29(39)19-33(31)41)26(2)54-30-21-51-37(52-22-30)9-5-4-7-28-11-10-27(20-42)18-32(28)40/h3-5,7,9-13,18-19,24-26,30,37H,1,6,8,14-17,21-23H2,2H3/b7-4+,9-5+/t26-,30?,37?,38-/m1/s1. The summed E-state index contributed by atoms with van der Waals surface area (Å²) in [4.78, 5) is 41.1. The lowest BCUT2D eigenvalue weighted by Crippen LogP contribution is -2.47. The first-order valence-corrected chi connectivity index (χ1v) is 17.8. The van der Waals surface area contributed by atoms with Gasteiger partial charge in [0, 0.05) is 28.9 Å². The molecule has 0 saturated carbocycles. The minimum atomic E-state index is -1.74. The van der Waals surface area contributed by atoms with E-state index in [4.69, 9.17) is 28.9 Å². The van der Waals surface area contributed by atoms with E-state index in [2.05, 4.69) is 16.7 Å². The first-order valence-electron chi connectivity index (χ1n) is 16.9. The number of nitriles is 1. The molecule has 0 bridgehead atoms. The smallest absolute Gasteiger partial charge is 0.306 e. The molecule has 4 rings (SSSR count). The summed E-state index contributed by atoms with van der Waals surface area (Å²) in [6.45, 7) is 5.29. The second-order valence-electron chi connectivity index (χ2n) is 11.9. The van der Waals surface area contributed by atoms with Crippen molar-refractivity contribution in [3.63, 3.8) is 0 Å². The number of esters is 3. The van der Waals surface area contributed by atoms with Crippen molar-refractivity contribution < 1.29 is 51.2 Å². The first-order chi connectivity index (χ1) is 26.0. The van der Waals surface area contributed by atoms with Crippen molar-refractivity contribution in [2.45, 2.75) is 61.5 Å². The van der Waals surface area contributed by atoms with Crippen LogP contribution in [0.4, 0.5) is 13.2 Å². The van der Waals surface area contributed by atoms with Gasteiger partial charge in [-0.2, -0.15) is 10.4 Å². The van der Waals surface area contributed by atoms with Crippen LogP contribution >= 0.6 is 11.8 Å². The molecule has 0 amide bonds. The lowest BCUT2D eigenvalue weighted by atomic mass is 9.89. The second kappa shape index (κ2) is 20.9. The molecule has 286 valence electrons. The summed E-state index contributed by atoms with van der Waals surface area (Å²) in [5, 5.41) is 12.1. The van der Waals surface area contributed by atoms with Gasteiger partial charge in [0.05, 0.1) is 56.1 Å². The lowest BCUT2D eigenvalue weighted by molar-refractivity contribution is -0.164. The molecule has 1 saturated heterocycles. The van der Waals surface area contributed by atoms with Gasteiger partial charge in [-0.15, -0.1) is 11.8 Å². The van der Waals surface area contributed by atoms with Crippen molar-refractivity contribution in [2.24, 2.45) is 0 Å². The van der Waals surface area contributed by atoms with Crippen LogP contribution in [-0.2, 0) is 50.2 Å². The highest BCUT2D eigenvalue weighted by Gasteiger charge is 2.46. The Kier molecular flexibility index (Phi) is 16.0. The van der Waals surface area contributed by atoms with E-state index in [9.17, 15) is 23.2 Å². The van der Waals surface area contributed by atoms with Gasteiger partial charge in [-0.1, -0.05) is 36.9 Å². The highest BCUT2D eigenvalue weighted by molar-refractivity contribution is 8.00. The fourth-order valence-corrected chi connectivity index (χ4v) is 6.64. The van der Waals surface area contributed by atoms with E-state index in [0.29, 0.717) is 11.6 Å². The van der Waals surface area contributed by atoms with Crippen molar-refractivity contribution in [1.29, 1.82) is 5.26 Å². The third-order valence-corrected chi connectivity index (χ3v) is 9.41. The summed E-state index contributed by atoms with van der Waals surface area (Å²) < 4.78 is 73.1. The van der Waals surface area contributed by atoms with Gasteiger partial charge in [-0.3, -0.25) is 14.4 Å². The van der Waals surface area contributed by atoms with Gasteiger partial charge in [0.1, 0.15) is 36.7 Å². The molecule has 1 aliphatic heterocycles. The Morgan fingerprint density at radius 3 is 2.48 bits per heavy atom. The Morgan fingerprint density at radius 2 is 1.81 bits per heavy atom. The van der Waals surface area contributed by atoms with Gasteiger partial charge in [0.2, 0.25) is 0 Å². The zero-order valence-corrected chi connectivity index (χ0v) is 30.2. The number of allylic oxidation sites excluding steroid dienone is 2. The molecule has 2 aromatic carbocycles. The predicted octanol–water partition coefficient (Wildman–Crippen LogP) is 5.97. The number of carbonyl (C=O) groups is 3. The van der Waals surface area contributed by atoms with Crippen molar-refractivity contribution in [2.75, 3.05) is 26.4 Å². The fourth-order valence-electron chi connectivity index (χ4n) is 5.28. The highest BCUT2D eigenvalue weighted by atomic mass is 32.2. The number of carbonyl (C=O) groups excluding carboxylic acids is 3. The molecule has 0 unspecified atom stereocenters. The van der Waals surface area contributed by atoms with Crippen LogP contribution in [0.3, 0.4) is 0 Å². The van der Waals surface area contributed by atoms with Crippen LogP contribution in [0.2, 0.25) is 0 Å². The van der Waals surface area contributed by atoms with Crippen LogP contribution < -0.4 is 0 Å². The minimum absolute atomic E-state index is 0.0279. The molecular weight excluding hydrogens is 729 g/mol. The maximum Gasteiger partial charge on any atom is 0.306 e. The first kappa shape index (κ1) is 41.5. The topological polar surface area (TPSA) is 152 Å². The van der Waals surface area contributed by atoms with Crippen LogP contribution in [0, 0.1) is 28.8 Å². The van der Waals surface area contributed by atoms with E-state index in [1.54, 1.807) is 31.2 Å². The number of ether oxygens (including phenoxy) is 5. The van der Waals surface area contributed by atoms with Crippen LogP contribution in [0.1, 0.15) is 49.3 Å². The van der Waals surface area contributed by atoms with E-state index in [0.717, 1.165) is 12.1 Å². The Morgan fingerprint density at radius 1 is 1.06 bits per heavy atom. The Hall–Kier alpha value is -5.24. The van der Waals surface area contributed by atoms with Crippen molar-refractivity contribution in [3.05, 3.63) is 114 Å². The number of nitrogens with zero attached hydrogens (tertiary/aromatic N) is 4. The largest absolute Gasteiger partial charge is 0.466 e. The number of aromatic nitrogens is 3. The summed E-state index contributed by atoms with van der Waals surface area (Å²) in [5.74, 6) is -4.26. The predicted molar refractivity (Wildman–Crippen MR) is 191 cm³/mol. The van der Waals surface area contributed by atoms with Gasteiger partial charge in [0.15, 0.2) is 11.9 Å². The van der Waals surface area contributed by atoms with Crippen LogP contribution in [-0.4, -0.2) is 75.9 Å². The molecule has 0 aliphatic carbocycles. The molecule has 3 aromatic rings. The molecule has 0 N–H and O–H groups in total. The lowest BCUT2D eigenvalue weighted by Gasteiger charge is -2.40. The van der Waals surface area contributed by atoms with Crippen LogP contribution in [0.25, 0.3) is 6.08 Å². The fraction of sp³-hybridized carbons (Fsp3) is 0.368. The number of hydrogen-bond donors (Lipinski definition) is 0. The molecular formula is C38H39F3N4O8S. The van der Waals surface area contributed by atoms with Crippen molar-refractivity contribution >= 4 is 35.7 Å². The summed E-state index contributed by atoms with van der Waals surface area (Å²) in [6.07, 6.45) is 9.24. The van der Waals surface area contributed by atoms with Gasteiger partial charge in [-0.25, -0.2) is 22.8 Å². The van der Waals surface area contributed by atoms with Gasteiger partial charge in [-0.05, 0) is 43.7 Å². The summed E-state index contributed by atoms with van der Waals surface area (Å²) in [6, 6.07) is 9.05. The average molecular weight is 769 g/mol. The maximum absolute atomic E-state index is 15.6. The Bertz CT molecular complexity index is 1840.